The van der Waals surface area contributed by atoms with Crippen LogP contribution in [0.2, 0.25) is 0 Å². The molecule has 9 saturated heterocycles. The number of piperazine rings is 2. The molecule has 6 aromatic rings. The van der Waals surface area contributed by atoms with Gasteiger partial charge in [0, 0.05) is 192 Å². The molecule has 778 valence electrons. The van der Waals surface area contributed by atoms with Crippen LogP contribution in [0.15, 0.2) is 54.6 Å². The number of carbonyl (C=O) groups is 10. The highest BCUT2D eigenvalue weighted by Crippen LogP contribution is 2.59. The molecule has 15 aliphatic rings. The van der Waals surface area contributed by atoms with E-state index in [1.165, 1.54) is 83.0 Å². The zero-order valence-electron chi connectivity index (χ0n) is 80.0. The minimum atomic E-state index is -2.26. The number of ether oxygens (including phenoxy) is 16. The number of aliphatic hydroxyl groups is 6. The molecule has 0 unspecified atom stereocenters. The molecule has 45 heteroatoms. The number of ketones is 9. The van der Waals surface area contributed by atoms with Gasteiger partial charge in [0.2, 0.25) is 23.3 Å². The van der Waals surface area contributed by atoms with Crippen molar-refractivity contribution in [2.45, 2.75) is 231 Å². The number of phenolic OH excluding ortho intramolecular Hbond substituents is 6. The number of morpholine rings is 1. The SMILES string of the molecule is CO[C@H]1OCCN2[C@@H]1O[C@@H]1[C@H](C)O[C@@H](O[C@H]3C[C@](O)(C(=O)CO)Cc4c(O)c5c(c(O)c43)C(=O)c3c(OCCS)cccc3C5=O)C[C@@H]12.COc1cccc2c1C(=O)c1c(O)c3c(c(O)c1C2=O)C[C@@](O)(C(=O)CO)C[C@@H]3O[C@H]1C[C@H]2[C@H](O[C@@H]3[C@@H](OC)N(C(=O)CCS)CCN32)[C@H](C)O1.COc1cccc2c1C(=O)c1c(O)c3c(c(O)c1C2=O)C[C@@](O)(C(=O)CO)C[C@@H]3O[C@H]1C[C@H]2[C@H](O[C@@H]3[C@@H](OC)NCCN32)[C@H](C)O1. The number of nitrogens with zero attached hydrogens (tertiary/aromatic N) is 4. The summed E-state index contributed by atoms with van der Waals surface area (Å²) in [7, 11) is 7.32. The Balaban J connectivity index is 0.000000138. The van der Waals surface area contributed by atoms with Crippen molar-refractivity contribution < 1.29 is 185 Å². The van der Waals surface area contributed by atoms with Crippen molar-refractivity contribution >= 4 is 83.2 Å². The first-order chi connectivity index (χ1) is 69.4. The summed E-state index contributed by atoms with van der Waals surface area (Å²) in [6, 6.07) is 12.7. The van der Waals surface area contributed by atoms with E-state index in [-0.39, 0.29) is 159 Å². The average Bonchev–Trinajstić information content (AvgIpc) is 1.21. The normalized spacial score (nSPS) is 32.4. The maximum Gasteiger partial charge on any atom is 0.225 e. The first-order valence-electron chi connectivity index (χ1n) is 47.8. The number of benzene rings is 6. The summed E-state index contributed by atoms with van der Waals surface area (Å²) >= 11 is 8.34. The summed E-state index contributed by atoms with van der Waals surface area (Å²) in [5.41, 5.74) is -10.4. The van der Waals surface area contributed by atoms with Crippen LogP contribution in [0, 0.1) is 0 Å². The molecule has 1 amide bonds. The van der Waals surface area contributed by atoms with Gasteiger partial charge in [-0.1, -0.05) is 36.4 Å². The number of fused-ring (bicyclic) bond motifs is 18. The number of methoxy groups -OCH3 is 5. The van der Waals surface area contributed by atoms with Crippen LogP contribution in [0.25, 0.3) is 0 Å². The Morgan fingerprint density at radius 1 is 0.434 bits per heavy atom. The predicted molar refractivity (Wildman–Crippen MR) is 500 cm³/mol. The molecule has 0 radical (unpaired) electrons. The number of aromatic hydroxyl groups is 6. The number of hydrogen-bond acceptors (Lipinski definition) is 44. The molecule has 24 atom stereocenters. The van der Waals surface area contributed by atoms with Crippen LogP contribution in [-0.4, -0.2) is 379 Å². The van der Waals surface area contributed by atoms with Gasteiger partial charge < -0.3 is 142 Å². The summed E-state index contributed by atoms with van der Waals surface area (Å²) in [6.07, 6.45) is -14.3. The Hall–Kier alpha value is -10.2. The Labute approximate surface area is 839 Å². The molecule has 9 aliphatic heterocycles. The molecular formula is C100H113N5O38S2. The smallest absolute Gasteiger partial charge is 0.225 e. The fourth-order valence-corrected chi connectivity index (χ4v) is 24.3. The molecule has 145 heavy (non-hydrogen) atoms. The van der Waals surface area contributed by atoms with Gasteiger partial charge in [-0.2, -0.15) is 25.3 Å². The van der Waals surface area contributed by atoms with Crippen LogP contribution in [-0.2, 0) is 100 Å². The first-order valence-corrected chi connectivity index (χ1v) is 49.1. The molecular weight excluding hydrogens is 1940 g/mol. The Kier molecular flexibility index (Phi) is 28.8. The van der Waals surface area contributed by atoms with Gasteiger partial charge in [0.25, 0.3) is 0 Å². The molecule has 0 spiro atoms. The van der Waals surface area contributed by atoms with Gasteiger partial charge in [0.15, 0.2) is 84.8 Å². The van der Waals surface area contributed by atoms with Gasteiger partial charge in [0.1, 0.15) is 113 Å². The van der Waals surface area contributed by atoms with Gasteiger partial charge in [-0.3, -0.25) is 68.0 Å². The van der Waals surface area contributed by atoms with Crippen LogP contribution < -0.4 is 19.5 Å². The van der Waals surface area contributed by atoms with Crippen molar-refractivity contribution in [3.8, 4) is 51.7 Å². The van der Waals surface area contributed by atoms with Gasteiger partial charge in [-0.15, -0.1) is 0 Å². The number of aliphatic hydroxyl groups excluding tert-OH is 3. The third-order valence-electron chi connectivity index (χ3n) is 30.7. The molecule has 6 aromatic carbocycles. The van der Waals surface area contributed by atoms with Crippen molar-refractivity contribution in [1.29, 1.82) is 0 Å². The number of amides is 1. The van der Waals surface area contributed by atoms with Gasteiger partial charge in [0.05, 0.1) is 114 Å². The van der Waals surface area contributed by atoms with E-state index in [1.807, 2.05) is 13.8 Å². The number of rotatable bonds is 22. The lowest BCUT2D eigenvalue weighted by Crippen LogP contribution is -2.62. The van der Waals surface area contributed by atoms with Crippen LogP contribution in [0.4, 0.5) is 0 Å². The number of Topliss-reactive ketones (excluding diaryl/α,β-unsaturated/α-hetero) is 3. The number of phenols is 6. The van der Waals surface area contributed by atoms with Gasteiger partial charge >= 0.3 is 0 Å². The van der Waals surface area contributed by atoms with E-state index in [9.17, 15) is 109 Å². The highest BCUT2D eigenvalue weighted by Gasteiger charge is 2.62. The Morgan fingerprint density at radius 2 is 0.807 bits per heavy atom. The lowest BCUT2D eigenvalue weighted by atomic mass is 9.72. The van der Waals surface area contributed by atoms with Crippen molar-refractivity contribution in [2.24, 2.45) is 0 Å². The maximum absolute atomic E-state index is 14.1. The standard InChI is InChI=1S/C35H40N2O13S.C33H37NO13S.C32H36N2O12/c1-15-32-18(36-8-9-37(22(40)7-10-51)33(47-3)34(36)50-32)11-23(48-15)49-20-13-35(45,21(39)14-38)12-17-25(20)31(44)27-26(29(17)42)28(41)16-5-4-6-19(46-2)24(16)30(27)43;1-14-30-17(34-6-7-44-32(42-2)31(34)47-30)10-21(45-14)46-19-12-33(41,20(36)13-35)11-16-23(19)29(40)25-24(27(16)38)26(37)15-4-3-5-18(43-8-9-48)22(15)28(25)39;1-13-29-16(34-8-7-33-30(43-3)31(34)46-29)9-20(44-13)45-18-11-32(41,19(36)12-35)10-15-22(18)28(40)24-23(26(15)38)25(37)14-5-4-6-17(42-2)21(14)27(24)39/h4-6,15,18,20,23,32-34,38,42,44-45,51H,7-14H2,1-3H3;3-5,14,17,19,21,30-32,35,38,40-41,48H,6-13H2,1-2H3;4-6,13,16,18,20,29-31,33,35,38,40-41H,7-12H2,1-3H3/t15-,18-,20-,23-,32+,33+,34+,35-;14-,17-,19-,21-,30+,31+,32-,33-;13-,16-,18-,20-,29+,30+,31+,32-/m000/s1. The molecule has 0 bridgehead atoms. The molecule has 9 fully saturated rings. The average molecular weight is 2060 g/mol. The number of nitrogens with one attached hydrogen (secondary N) is 1. The van der Waals surface area contributed by atoms with Crippen LogP contribution >= 0.6 is 25.3 Å². The molecule has 6 aliphatic carbocycles. The van der Waals surface area contributed by atoms with Gasteiger partial charge in [-0.05, 0) is 44.7 Å². The van der Waals surface area contributed by atoms with E-state index in [1.54, 1.807) is 18.9 Å². The van der Waals surface area contributed by atoms with Crippen LogP contribution in [0.3, 0.4) is 0 Å². The van der Waals surface area contributed by atoms with Crippen LogP contribution in [0.1, 0.15) is 213 Å². The fraction of sp³-hybridized carbons (Fsp3) is 0.540. The Morgan fingerprint density at radius 3 is 1.18 bits per heavy atom. The van der Waals surface area contributed by atoms with Crippen molar-refractivity contribution in [1.82, 2.24) is 24.9 Å². The van der Waals surface area contributed by atoms with Crippen LogP contribution in [0.5, 0.6) is 51.7 Å². The highest BCUT2D eigenvalue weighted by molar-refractivity contribution is 7.80. The topological polar surface area (TPSA) is 586 Å². The third kappa shape index (κ3) is 17.2. The summed E-state index contributed by atoms with van der Waals surface area (Å²) in [5, 5.41) is 137. The first kappa shape index (κ1) is 103. The van der Waals surface area contributed by atoms with E-state index >= 15 is 0 Å². The van der Waals surface area contributed by atoms with E-state index in [0.29, 0.717) is 57.3 Å². The minimum Gasteiger partial charge on any atom is -0.507 e. The summed E-state index contributed by atoms with van der Waals surface area (Å²) < 4.78 is 95.9. The fourth-order valence-electron chi connectivity index (χ4n) is 24.0. The van der Waals surface area contributed by atoms with E-state index in [4.69, 9.17) is 75.8 Å². The second-order valence-corrected chi connectivity index (χ2v) is 39.4. The maximum atomic E-state index is 14.1. The van der Waals surface area contributed by atoms with E-state index in [0.717, 1.165) is 0 Å². The van der Waals surface area contributed by atoms with Crippen molar-refractivity contribution in [2.75, 3.05) is 113 Å². The third-order valence-corrected chi connectivity index (χ3v) is 31.1. The second-order valence-electron chi connectivity index (χ2n) is 38.5. The molecule has 43 nitrogen and oxygen atoms in total. The molecule has 0 saturated carbocycles. The molecule has 0 aromatic heterocycles. The lowest BCUT2D eigenvalue weighted by Gasteiger charge is -2.45. The Bertz CT molecular complexity index is 6260. The van der Waals surface area contributed by atoms with E-state index < -0.39 is 282 Å². The summed E-state index contributed by atoms with van der Waals surface area (Å²) in [5.74, 6) is -10.3. The molecule has 9 heterocycles. The van der Waals surface area contributed by atoms with Crippen molar-refractivity contribution in [3.05, 3.63) is 155 Å². The second kappa shape index (κ2) is 40.4. The quantitative estimate of drug-likeness (QED) is 0.0341. The zero-order chi connectivity index (χ0) is 103. The zero-order valence-corrected chi connectivity index (χ0v) is 81.8. The largest absolute Gasteiger partial charge is 0.507 e. The van der Waals surface area contributed by atoms with Crippen molar-refractivity contribution in [3.63, 3.8) is 0 Å². The molecule has 13 N–H and O–H groups in total. The van der Waals surface area contributed by atoms with Gasteiger partial charge in [-0.25, -0.2) is 0 Å². The summed E-state index contributed by atoms with van der Waals surface area (Å²) in [6.45, 7) is 5.80. The number of hydrogen-bond donors (Lipinski definition) is 15. The minimum absolute atomic E-state index is 0.0309. The monoisotopic (exact) mass is 2060 g/mol. The number of carbonyl (C=O) groups excluding carboxylic acids is 10. The number of thiol groups is 2. The highest BCUT2D eigenvalue weighted by atomic mass is 32.1. The predicted octanol–water partition coefficient (Wildman–Crippen LogP) is 2.14. The lowest BCUT2D eigenvalue weighted by molar-refractivity contribution is -0.256. The van der Waals surface area contributed by atoms with E-state index in [2.05, 4.69) is 45.3 Å². The summed E-state index contributed by atoms with van der Waals surface area (Å²) in [4.78, 5) is 143. The molecule has 21 rings (SSSR count).